The Labute approximate surface area is 134 Å². The number of ether oxygens (including phenoxy) is 1. The summed E-state index contributed by atoms with van der Waals surface area (Å²) in [6, 6.07) is 7.14. The van der Waals surface area contributed by atoms with Gasteiger partial charge in [0.25, 0.3) is 0 Å². The molecule has 1 N–H and O–H groups in total. The highest BCUT2D eigenvalue weighted by atomic mass is 35.5. The molecular formula is C17H28ClNO2. The molecule has 0 radical (unpaired) electrons. The van der Waals surface area contributed by atoms with Gasteiger partial charge in [0.1, 0.15) is 5.75 Å². The Morgan fingerprint density at radius 1 is 1.29 bits per heavy atom. The largest absolute Gasteiger partial charge is 0.497 e. The highest BCUT2D eigenvalue weighted by molar-refractivity contribution is 5.85. The third-order valence-corrected chi connectivity index (χ3v) is 4.39. The van der Waals surface area contributed by atoms with Crippen LogP contribution in [0.15, 0.2) is 18.2 Å². The number of aliphatic hydroxyl groups is 1. The Balaban J connectivity index is 0.00000220. The third-order valence-electron chi connectivity index (χ3n) is 4.39. The minimum absolute atomic E-state index is 0. The van der Waals surface area contributed by atoms with Crippen molar-refractivity contribution in [2.45, 2.75) is 45.1 Å². The van der Waals surface area contributed by atoms with E-state index in [1.807, 2.05) is 0 Å². The zero-order valence-corrected chi connectivity index (χ0v) is 14.0. The van der Waals surface area contributed by atoms with Crippen molar-refractivity contribution >= 4 is 12.4 Å². The number of aryl methyl sites for hydroxylation is 1. The van der Waals surface area contributed by atoms with Crippen LogP contribution in [0.3, 0.4) is 0 Å². The van der Waals surface area contributed by atoms with Crippen molar-refractivity contribution in [1.29, 1.82) is 0 Å². The molecule has 1 atom stereocenters. The first-order valence-electron chi connectivity index (χ1n) is 7.79. The minimum atomic E-state index is 0. The number of aliphatic hydroxyl groups excluding tert-OH is 1. The van der Waals surface area contributed by atoms with Crippen LogP contribution in [0.2, 0.25) is 0 Å². The van der Waals surface area contributed by atoms with Gasteiger partial charge < -0.3 is 14.7 Å². The van der Waals surface area contributed by atoms with Crippen LogP contribution in [0.5, 0.6) is 5.75 Å². The van der Waals surface area contributed by atoms with Gasteiger partial charge in [-0.25, -0.2) is 0 Å². The van der Waals surface area contributed by atoms with Gasteiger partial charge in [-0.15, -0.1) is 12.4 Å². The molecule has 0 bridgehead atoms. The molecule has 0 aliphatic heterocycles. The van der Waals surface area contributed by atoms with E-state index in [-0.39, 0.29) is 12.4 Å². The van der Waals surface area contributed by atoms with Crippen LogP contribution in [0, 0.1) is 0 Å². The van der Waals surface area contributed by atoms with Crippen molar-refractivity contribution < 1.29 is 9.84 Å². The van der Waals surface area contributed by atoms with E-state index in [1.165, 1.54) is 17.5 Å². The topological polar surface area (TPSA) is 32.7 Å². The molecule has 1 aliphatic rings. The van der Waals surface area contributed by atoms with Gasteiger partial charge in [-0.2, -0.15) is 0 Å². The molecule has 21 heavy (non-hydrogen) atoms. The predicted molar refractivity (Wildman–Crippen MR) is 89.6 cm³/mol. The molecule has 0 spiro atoms. The fourth-order valence-corrected chi connectivity index (χ4v) is 3.18. The lowest BCUT2D eigenvalue weighted by molar-refractivity contribution is 0.178. The number of unbranched alkanes of at least 4 members (excludes halogenated alkanes) is 1. The maximum Gasteiger partial charge on any atom is 0.119 e. The summed E-state index contributed by atoms with van der Waals surface area (Å²) in [5.74, 6) is 0.970. The van der Waals surface area contributed by atoms with Crippen LogP contribution in [-0.2, 0) is 12.8 Å². The first kappa shape index (κ1) is 18.3. The van der Waals surface area contributed by atoms with Crippen LogP contribution < -0.4 is 4.74 Å². The molecule has 0 fully saturated rings. The Kier molecular flexibility index (Phi) is 8.09. The molecule has 0 saturated heterocycles. The summed E-state index contributed by atoms with van der Waals surface area (Å²) >= 11 is 0. The molecule has 0 amide bonds. The van der Waals surface area contributed by atoms with E-state index in [4.69, 9.17) is 9.84 Å². The van der Waals surface area contributed by atoms with Crippen LogP contribution in [0.25, 0.3) is 0 Å². The van der Waals surface area contributed by atoms with Gasteiger partial charge in [0.15, 0.2) is 0 Å². The lowest BCUT2D eigenvalue weighted by atomic mass is 9.87. The molecular weight excluding hydrogens is 286 g/mol. The summed E-state index contributed by atoms with van der Waals surface area (Å²) in [5, 5.41) is 8.91. The van der Waals surface area contributed by atoms with E-state index < -0.39 is 0 Å². The van der Waals surface area contributed by atoms with Gasteiger partial charge in [-0.05, 0) is 68.5 Å². The van der Waals surface area contributed by atoms with Crippen molar-refractivity contribution in [2.75, 3.05) is 26.8 Å². The summed E-state index contributed by atoms with van der Waals surface area (Å²) in [6.07, 6.45) is 5.53. The number of methoxy groups -OCH3 is 1. The number of nitrogens with zero attached hydrogens (tertiary/aromatic N) is 1. The number of likely N-dealkylation sites (N-methyl/N-ethyl adjacent to an activating group) is 1. The Hall–Kier alpha value is -0.770. The van der Waals surface area contributed by atoms with Gasteiger partial charge in [0.2, 0.25) is 0 Å². The van der Waals surface area contributed by atoms with E-state index >= 15 is 0 Å². The van der Waals surface area contributed by atoms with Crippen molar-refractivity contribution in [1.82, 2.24) is 4.90 Å². The smallest absolute Gasteiger partial charge is 0.119 e. The molecule has 1 aliphatic carbocycles. The van der Waals surface area contributed by atoms with Crippen molar-refractivity contribution in [3.63, 3.8) is 0 Å². The summed E-state index contributed by atoms with van der Waals surface area (Å²) in [7, 11) is 1.73. The standard InChI is InChI=1S/C17H27NO2.ClH/c1-3-18(10-4-5-11-19)16-8-6-15-13-17(20-2)9-7-14(15)12-16;/h7,9,13,16,19H,3-6,8,10-12H2,1-2H3;1H. The normalized spacial score (nSPS) is 17.2. The van der Waals surface area contributed by atoms with E-state index in [0.29, 0.717) is 12.6 Å². The molecule has 1 aromatic rings. The number of hydrogen-bond acceptors (Lipinski definition) is 3. The molecule has 3 nitrogen and oxygen atoms in total. The van der Waals surface area contributed by atoms with E-state index in [9.17, 15) is 0 Å². The molecule has 2 rings (SSSR count). The molecule has 4 heteroatoms. The molecule has 0 saturated carbocycles. The average molecular weight is 314 g/mol. The minimum Gasteiger partial charge on any atom is -0.497 e. The number of benzene rings is 1. The molecule has 120 valence electrons. The van der Waals surface area contributed by atoms with Crippen LogP contribution in [0.1, 0.15) is 37.3 Å². The lowest BCUT2D eigenvalue weighted by Gasteiger charge is -2.34. The van der Waals surface area contributed by atoms with Crippen molar-refractivity contribution in [3.8, 4) is 5.75 Å². The summed E-state index contributed by atoms with van der Waals surface area (Å²) in [5.41, 5.74) is 2.93. The first-order chi connectivity index (χ1) is 9.78. The van der Waals surface area contributed by atoms with Gasteiger partial charge in [0.05, 0.1) is 7.11 Å². The van der Waals surface area contributed by atoms with Crippen LogP contribution in [0.4, 0.5) is 0 Å². The predicted octanol–water partition coefficient (Wildman–Crippen LogP) is 3.07. The molecule has 1 aromatic carbocycles. The molecule has 1 unspecified atom stereocenters. The highest BCUT2D eigenvalue weighted by Crippen LogP contribution is 2.27. The monoisotopic (exact) mass is 313 g/mol. The lowest BCUT2D eigenvalue weighted by Crippen LogP contribution is -2.39. The summed E-state index contributed by atoms with van der Waals surface area (Å²) in [4.78, 5) is 2.57. The zero-order chi connectivity index (χ0) is 14.4. The molecule has 0 heterocycles. The van der Waals surface area contributed by atoms with Gasteiger partial charge in [0, 0.05) is 12.6 Å². The number of fused-ring (bicyclic) bond motifs is 1. The maximum absolute atomic E-state index is 8.91. The highest BCUT2D eigenvalue weighted by Gasteiger charge is 2.23. The number of halogens is 1. The SMILES string of the molecule is CCN(CCCCO)C1CCc2cc(OC)ccc2C1.Cl. The zero-order valence-electron chi connectivity index (χ0n) is 13.2. The second-order valence-electron chi connectivity index (χ2n) is 5.59. The van der Waals surface area contributed by atoms with E-state index in [1.54, 1.807) is 7.11 Å². The third kappa shape index (κ3) is 4.87. The summed E-state index contributed by atoms with van der Waals surface area (Å²) < 4.78 is 5.31. The van der Waals surface area contributed by atoms with Crippen LogP contribution in [-0.4, -0.2) is 42.9 Å². The quantitative estimate of drug-likeness (QED) is 0.785. The van der Waals surface area contributed by atoms with Crippen LogP contribution >= 0.6 is 12.4 Å². The van der Waals surface area contributed by atoms with Gasteiger partial charge >= 0.3 is 0 Å². The fraction of sp³-hybridized carbons (Fsp3) is 0.647. The summed E-state index contributed by atoms with van der Waals surface area (Å²) in [6.45, 7) is 4.75. The first-order valence-corrected chi connectivity index (χ1v) is 7.79. The fourth-order valence-electron chi connectivity index (χ4n) is 3.18. The van der Waals surface area contributed by atoms with E-state index in [0.717, 1.165) is 44.5 Å². The Morgan fingerprint density at radius 2 is 2.10 bits per heavy atom. The Morgan fingerprint density at radius 3 is 2.76 bits per heavy atom. The maximum atomic E-state index is 8.91. The van der Waals surface area contributed by atoms with Gasteiger partial charge in [-0.3, -0.25) is 0 Å². The van der Waals surface area contributed by atoms with Crippen molar-refractivity contribution in [3.05, 3.63) is 29.3 Å². The average Bonchev–Trinajstić information content (AvgIpc) is 2.50. The Bertz CT molecular complexity index is 425. The van der Waals surface area contributed by atoms with E-state index in [2.05, 4.69) is 30.0 Å². The molecule has 0 aromatic heterocycles. The number of rotatable bonds is 7. The van der Waals surface area contributed by atoms with Crippen molar-refractivity contribution in [2.24, 2.45) is 0 Å². The second kappa shape index (κ2) is 9.29. The van der Waals surface area contributed by atoms with Gasteiger partial charge in [-0.1, -0.05) is 13.0 Å². The second-order valence-corrected chi connectivity index (χ2v) is 5.59. The number of hydrogen-bond donors (Lipinski definition) is 1.